The second-order valence-corrected chi connectivity index (χ2v) is 4.34. The molecule has 0 radical (unpaired) electrons. The Morgan fingerprint density at radius 3 is 2.53 bits per heavy atom. The molecule has 0 aliphatic heterocycles. The van der Waals surface area contributed by atoms with Crippen molar-refractivity contribution >= 4 is 11.8 Å². The van der Waals surface area contributed by atoms with Crippen LogP contribution in [0.25, 0.3) is 0 Å². The summed E-state index contributed by atoms with van der Waals surface area (Å²) in [5.74, 6) is -1.49. The van der Waals surface area contributed by atoms with Crippen LogP contribution in [0.1, 0.15) is 27.3 Å². The topological polar surface area (TPSA) is 59.2 Å². The molecule has 4 heteroatoms. The SMILES string of the molecule is COC(=O)C(=O)c1[nH]c(C)cc1Cc1ccccc1. The summed E-state index contributed by atoms with van der Waals surface area (Å²) in [6, 6.07) is 11.7. The van der Waals surface area contributed by atoms with Crippen molar-refractivity contribution in [2.24, 2.45) is 0 Å². The van der Waals surface area contributed by atoms with Crippen molar-refractivity contribution in [2.75, 3.05) is 7.11 Å². The first-order chi connectivity index (χ1) is 9.11. The minimum atomic E-state index is -0.851. The maximum absolute atomic E-state index is 11.9. The monoisotopic (exact) mass is 257 g/mol. The average Bonchev–Trinajstić information content (AvgIpc) is 2.79. The third-order valence-electron chi connectivity index (χ3n) is 2.87. The number of rotatable bonds is 4. The number of Topliss-reactive ketones (excluding diaryl/α,β-unsaturated/α-hetero) is 1. The molecule has 0 saturated carbocycles. The fourth-order valence-corrected chi connectivity index (χ4v) is 2.00. The fraction of sp³-hybridized carbons (Fsp3) is 0.200. The molecule has 0 aliphatic rings. The van der Waals surface area contributed by atoms with Crippen LogP contribution in [0.4, 0.5) is 0 Å². The van der Waals surface area contributed by atoms with Crippen LogP contribution in [0, 0.1) is 6.92 Å². The van der Waals surface area contributed by atoms with E-state index in [0.29, 0.717) is 12.1 Å². The summed E-state index contributed by atoms with van der Waals surface area (Å²) in [6.45, 7) is 1.85. The molecular weight excluding hydrogens is 242 g/mol. The number of carbonyl (C=O) groups excluding carboxylic acids is 2. The Kier molecular flexibility index (Phi) is 3.80. The Hall–Kier alpha value is -2.36. The zero-order valence-electron chi connectivity index (χ0n) is 10.9. The highest BCUT2D eigenvalue weighted by Gasteiger charge is 2.22. The molecule has 0 atom stereocenters. The van der Waals surface area contributed by atoms with Crippen molar-refractivity contribution in [2.45, 2.75) is 13.3 Å². The standard InChI is InChI=1S/C15H15NO3/c1-10-8-12(9-11-6-4-3-5-7-11)13(16-10)14(17)15(18)19-2/h3-8,16H,9H2,1-2H3. The third kappa shape index (κ3) is 2.91. The van der Waals surface area contributed by atoms with E-state index in [1.165, 1.54) is 7.11 Å². The van der Waals surface area contributed by atoms with Gasteiger partial charge in [-0.15, -0.1) is 0 Å². The lowest BCUT2D eigenvalue weighted by molar-refractivity contribution is -0.135. The van der Waals surface area contributed by atoms with Crippen LogP contribution in [0.2, 0.25) is 0 Å². The van der Waals surface area contributed by atoms with Gasteiger partial charge >= 0.3 is 5.97 Å². The number of hydrogen-bond donors (Lipinski definition) is 1. The molecule has 0 fully saturated rings. The zero-order valence-corrected chi connectivity index (χ0v) is 10.9. The van der Waals surface area contributed by atoms with E-state index in [2.05, 4.69) is 9.72 Å². The van der Waals surface area contributed by atoms with Crippen LogP contribution >= 0.6 is 0 Å². The van der Waals surface area contributed by atoms with Gasteiger partial charge in [0, 0.05) is 5.69 Å². The maximum atomic E-state index is 11.9. The Morgan fingerprint density at radius 2 is 1.89 bits per heavy atom. The highest BCUT2D eigenvalue weighted by Crippen LogP contribution is 2.16. The summed E-state index contributed by atoms with van der Waals surface area (Å²) >= 11 is 0. The van der Waals surface area contributed by atoms with Gasteiger partial charge < -0.3 is 9.72 Å². The first kappa shape index (κ1) is 13.1. The van der Waals surface area contributed by atoms with E-state index < -0.39 is 11.8 Å². The molecule has 0 saturated heterocycles. The summed E-state index contributed by atoms with van der Waals surface area (Å²) in [4.78, 5) is 26.2. The Balaban J connectivity index is 2.31. The molecule has 2 rings (SSSR count). The highest BCUT2D eigenvalue weighted by atomic mass is 16.5. The van der Waals surface area contributed by atoms with Crippen LogP contribution in [0.5, 0.6) is 0 Å². The minimum absolute atomic E-state index is 0.313. The molecule has 0 unspecified atom stereocenters. The van der Waals surface area contributed by atoms with Crippen molar-refractivity contribution < 1.29 is 14.3 Å². The summed E-state index contributed by atoms with van der Waals surface area (Å²) < 4.78 is 4.47. The first-order valence-corrected chi connectivity index (χ1v) is 5.97. The van der Waals surface area contributed by atoms with Crippen molar-refractivity contribution in [1.82, 2.24) is 4.98 Å². The number of H-pyrrole nitrogens is 1. The number of methoxy groups -OCH3 is 1. The first-order valence-electron chi connectivity index (χ1n) is 5.97. The number of carbonyl (C=O) groups is 2. The third-order valence-corrected chi connectivity index (χ3v) is 2.87. The summed E-state index contributed by atoms with van der Waals surface area (Å²) in [6.07, 6.45) is 0.600. The van der Waals surface area contributed by atoms with Crippen LogP contribution in [0.15, 0.2) is 36.4 Å². The molecule has 4 nitrogen and oxygen atoms in total. The molecule has 1 aromatic carbocycles. The Morgan fingerprint density at radius 1 is 1.21 bits per heavy atom. The molecule has 0 spiro atoms. The predicted octanol–water partition coefficient (Wildman–Crippen LogP) is 2.27. The van der Waals surface area contributed by atoms with Crippen LogP contribution in [-0.2, 0) is 16.0 Å². The smallest absolute Gasteiger partial charge is 0.381 e. The number of ketones is 1. The van der Waals surface area contributed by atoms with Crippen LogP contribution < -0.4 is 0 Å². The van der Waals surface area contributed by atoms with Crippen molar-refractivity contribution in [3.63, 3.8) is 0 Å². The summed E-state index contributed by atoms with van der Waals surface area (Å²) in [5.41, 5.74) is 3.05. The number of esters is 1. The molecule has 2 aromatic rings. The number of nitrogens with one attached hydrogen (secondary N) is 1. The molecule has 1 heterocycles. The highest BCUT2D eigenvalue weighted by molar-refractivity contribution is 6.40. The lowest BCUT2D eigenvalue weighted by Crippen LogP contribution is -2.17. The lowest BCUT2D eigenvalue weighted by Gasteiger charge is -2.02. The minimum Gasteiger partial charge on any atom is -0.463 e. The molecule has 19 heavy (non-hydrogen) atoms. The van der Waals surface area contributed by atoms with Crippen LogP contribution in [-0.4, -0.2) is 23.8 Å². The van der Waals surface area contributed by atoms with Crippen molar-refractivity contribution in [3.05, 3.63) is 58.9 Å². The van der Waals surface area contributed by atoms with Gasteiger partial charge in [0.1, 0.15) is 0 Å². The molecule has 0 bridgehead atoms. The van der Waals surface area contributed by atoms with E-state index in [0.717, 1.165) is 16.8 Å². The summed E-state index contributed by atoms with van der Waals surface area (Å²) in [5, 5.41) is 0. The molecule has 1 aromatic heterocycles. The normalized spacial score (nSPS) is 10.2. The number of aromatic amines is 1. The van der Waals surface area contributed by atoms with Gasteiger partial charge in [-0.3, -0.25) is 4.79 Å². The number of aromatic nitrogens is 1. The van der Waals surface area contributed by atoms with Crippen LogP contribution in [0.3, 0.4) is 0 Å². The quantitative estimate of drug-likeness (QED) is 0.519. The molecule has 0 amide bonds. The molecule has 0 aliphatic carbocycles. The fourth-order valence-electron chi connectivity index (χ4n) is 2.00. The van der Waals surface area contributed by atoms with Gasteiger partial charge in [-0.25, -0.2) is 4.79 Å². The van der Waals surface area contributed by atoms with E-state index in [-0.39, 0.29) is 0 Å². The van der Waals surface area contributed by atoms with E-state index >= 15 is 0 Å². The molecular formula is C15H15NO3. The Labute approximate surface area is 111 Å². The molecule has 1 N–H and O–H groups in total. The molecule has 98 valence electrons. The average molecular weight is 257 g/mol. The van der Waals surface area contributed by atoms with E-state index in [9.17, 15) is 9.59 Å². The largest absolute Gasteiger partial charge is 0.463 e. The van der Waals surface area contributed by atoms with E-state index in [1.807, 2.05) is 43.3 Å². The van der Waals surface area contributed by atoms with Gasteiger partial charge in [-0.05, 0) is 30.5 Å². The van der Waals surface area contributed by atoms with Gasteiger partial charge in [0.2, 0.25) is 0 Å². The van der Waals surface area contributed by atoms with Gasteiger partial charge in [-0.1, -0.05) is 30.3 Å². The second-order valence-electron chi connectivity index (χ2n) is 4.34. The lowest BCUT2D eigenvalue weighted by atomic mass is 10.0. The summed E-state index contributed by atoms with van der Waals surface area (Å²) in [7, 11) is 1.20. The van der Waals surface area contributed by atoms with E-state index in [1.54, 1.807) is 0 Å². The number of aryl methyl sites for hydroxylation is 1. The van der Waals surface area contributed by atoms with Gasteiger partial charge in [0.05, 0.1) is 12.8 Å². The zero-order chi connectivity index (χ0) is 13.8. The maximum Gasteiger partial charge on any atom is 0.381 e. The van der Waals surface area contributed by atoms with Gasteiger partial charge in [0.25, 0.3) is 5.78 Å². The number of ether oxygens (including phenoxy) is 1. The number of hydrogen-bond acceptors (Lipinski definition) is 3. The number of benzene rings is 1. The van der Waals surface area contributed by atoms with Gasteiger partial charge in [0.15, 0.2) is 0 Å². The Bertz CT molecular complexity index is 599. The predicted molar refractivity (Wildman–Crippen MR) is 71.1 cm³/mol. The van der Waals surface area contributed by atoms with Crippen molar-refractivity contribution in [3.8, 4) is 0 Å². The van der Waals surface area contributed by atoms with Crippen molar-refractivity contribution in [1.29, 1.82) is 0 Å². The van der Waals surface area contributed by atoms with E-state index in [4.69, 9.17) is 0 Å². The second kappa shape index (κ2) is 5.52. The van der Waals surface area contributed by atoms with Gasteiger partial charge in [-0.2, -0.15) is 0 Å².